The lowest BCUT2D eigenvalue weighted by atomic mass is 9.95. The van der Waals surface area contributed by atoms with Gasteiger partial charge in [-0.15, -0.1) is 0 Å². The van der Waals surface area contributed by atoms with Gasteiger partial charge >= 0.3 is 0 Å². The molecule has 0 radical (unpaired) electrons. The monoisotopic (exact) mass is 241 g/mol. The van der Waals surface area contributed by atoms with E-state index in [0.29, 0.717) is 13.1 Å². The van der Waals surface area contributed by atoms with Crippen molar-refractivity contribution in [3.63, 3.8) is 0 Å². The number of rotatable bonds is 3. The van der Waals surface area contributed by atoms with Crippen LogP contribution < -0.4 is 0 Å². The molecular formula is C13H17F2NO. The molecule has 1 N–H and O–H groups in total. The Labute approximate surface area is 99.9 Å². The normalized spacial score (nSPS) is 24.8. The van der Waals surface area contributed by atoms with Crippen LogP contribution in [-0.2, 0) is 6.54 Å². The minimum Gasteiger partial charge on any atom is -0.396 e. The van der Waals surface area contributed by atoms with Gasteiger partial charge in [-0.25, -0.2) is 8.78 Å². The van der Waals surface area contributed by atoms with Gasteiger partial charge < -0.3 is 5.11 Å². The summed E-state index contributed by atoms with van der Waals surface area (Å²) in [5.41, 5.74) is 1.03. The van der Waals surface area contributed by atoms with Gasteiger partial charge in [-0.3, -0.25) is 4.90 Å². The molecule has 94 valence electrons. The molecule has 2 nitrogen and oxygen atoms in total. The van der Waals surface area contributed by atoms with Gasteiger partial charge in [0.2, 0.25) is 0 Å². The Kier molecular flexibility index (Phi) is 3.74. The van der Waals surface area contributed by atoms with Crippen molar-refractivity contribution in [1.82, 2.24) is 4.90 Å². The summed E-state index contributed by atoms with van der Waals surface area (Å²) in [6.45, 7) is 0.688. The van der Waals surface area contributed by atoms with Gasteiger partial charge in [0.25, 0.3) is 5.92 Å². The van der Waals surface area contributed by atoms with E-state index in [2.05, 4.69) is 0 Å². The molecule has 1 fully saturated rings. The first kappa shape index (κ1) is 12.5. The van der Waals surface area contributed by atoms with Gasteiger partial charge in [-0.2, -0.15) is 0 Å². The molecule has 0 aromatic heterocycles. The molecule has 1 aliphatic rings. The Morgan fingerprint density at radius 2 is 2.00 bits per heavy atom. The van der Waals surface area contributed by atoms with Crippen LogP contribution in [0.3, 0.4) is 0 Å². The predicted molar refractivity (Wildman–Crippen MR) is 61.9 cm³/mol. The molecule has 1 atom stereocenters. The van der Waals surface area contributed by atoms with Crippen LogP contribution in [-0.4, -0.2) is 35.6 Å². The Hall–Kier alpha value is -1.00. The van der Waals surface area contributed by atoms with E-state index in [1.54, 1.807) is 4.90 Å². The summed E-state index contributed by atoms with van der Waals surface area (Å²) in [6.07, 6.45) is -0.200. The fraction of sp³-hybridized carbons (Fsp3) is 0.538. The number of alkyl halides is 2. The zero-order chi connectivity index (χ0) is 12.3. The molecule has 0 bridgehead atoms. The smallest absolute Gasteiger partial charge is 0.260 e. The maximum atomic E-state index is 13.4. The standard InChI is InChI=1S/C13H17F2NO/c14-13(15)6-12(9-17)8-16(10-13)7-11-4-2-1-3-5-11/h1-5,12,17H,6-10H2. The number of piperidine rings is 1. The van der Waals surface area contributed by atoms with Crippen LogP contribution in [0.1, 0.15) is 12.0 Å². The van der Waals surface area contributed by atoms with E-state index in [0.717, 1.165) is 5.56 Å². The number of halogens is 2. The van der Waals surface area contributed by atoms with E-state index in [4.69, 9.17) is 5.11 Å². The second-order valence-corrected chi connectivity index (χ2v) is 4.76. The molecule has 1 saturated heterocycles. The predicted octanol–water partition coefficient (Wildman–Crippen LogP) is 2.14. The summed E-state index contributed by atoms with van der Waals surface area (Å²) < 4.78 is 26.9. The summed E-state index contributed by atoms with van der Waals surface area (Å²) >= 11 is 0. The first-order chi connectivity index (χ1) is 8.09. The average molecular weight is 241 g/mol. The summed E-state index contributed by atoms with van der Waals surface area (Å²) in [5.74, 6) is -3.00. The Balaban J connectivity index is 2.01. The van der Waals surface area contributed by atoms with Crippen LogP contribution in [0, 0.1) is 5.92 Å². The molecule has 0 amide bonds. The third-order valence-corrected chi connectivity index (χ3v) is 3.07. The largest absolute Gasteiger partial charge is 0.396 e. The van der Waals surface area contributed by atoms with Crippen LogP contribution in [0.2, 0.25) is 0 Å². The van der Waals surface area contributed by atoms with Crippen LogP contribution in [0.5, 0.6) is 0 Å². The minimum absolute atomic E-state index is 0.166. The van der Waals surface area contributed by atoms with E-state index < -0.39 is 5.92 Å². The van der Waals surface area contributed by atoms with Gasteiger partial charge in [-0.1, -0.05) is 30.3 Å². The lowest BCUT2D eigenvalue weighted by Gasteiger charge is -2.36. The Morgan fingerprint density at radius 1 is 1.29 bits per heavy atom. The zero-order valence-corrected chi connectivity index (χ0v) is 9.65. The molecule has 0 saturated carbocycles. The second kappa shape index (κ2) is 5.10. The van der Waals surface area contributed by atoms with Gasteiger partial charge in [0, 0.05) is 32.0 Å². The fourth-order valence-corrected chi connectivity index (χ4v) is 2.39. The second-order valence-electron chi connectivity index (χ2n) is 4.76. The number of hydrogen-bond donors (Lipinski definition) is 1. The van der Waals surface area contributed by atoms with Crippen molar-refractivity contribution < 1.29 is 13.9 Å². The quantitative estimate of drug-likeness (QED) is 0.876. The van der Waals surface area contributed by atoms with E-state index in [1.165, 1.54) is 0 Å². The highest BCUT2D eigenvalue weighted by molar-refractivity contribution is 5.14. The molecular weight excluding hydrogens is 224 g/mol. The first-order valence-electron chi connectivity index (χ1n) is 5.84. The summed E-state index contributed by atoms with van der Waals surface area (Å²) in [7, 11) is 0. The molecule has 0 spiro atoms. The third kappa shape index (κ3) is 3.48. The SMILES string of the molecule is OCC1CN(Cc2ccccc2)CC(F)(F)C1. The van der Waals surface area contributed by atoms with Gasteiger partial charge in [0.05, 0.1) is 6.54 Å². The van der Waals surface area contributed by atoms with Crippen LogP contribution in [0.15, 0.2) is 30.3 Å². The van der Waals surface area contributed by atoms with Crippen molar-refractivity contribution in [2.24, 2.45) is 5.92 Å². The van der Waals surface area contributed by atoms with Gasteiger partial charge in [0.15, 0.2) is 0 Å². The van der Waals surface area contributed by atoms with Crippen LogP contribution >= 0.6 is 0 Å². The topological polar surface area (TPSA) is 23.5 Å². The highest BCUT2D eigenvalue weighted by Gasteiger charge is 2.39. The lowest BCUT2D eigenvalue weighted by molar-refractivity contribution is -0.0940. The first-order valence-corrected chi connectivity index (χ1v) is 5.84. The number of nitrogens with zero attached hydrogens (tertiary/aromatic N) is 1. The molecule has 2 rings (SSSR count). The highest BCUT2D eigenvalue weighted by atomic mass is 19.3. The molecule has 4 heteroatoms. The van der Waals surface area contributed by atoms with Crippen molar-refractivity contribution in [2.75, 3.05) is 19.7 Å². The van der Waals surface area contributed by atoms with Crippen molar-refractivity contribution in [3.8, 4) is 0 Å². The molecule has 17 heavy (non-hydrogen) atoms. The average Bonchev–Trinajstić information content (AvgIpc) is 2.28. The molecule has 1 heterocycles. The molecule has 0 aliphatic carbocycles. The van der Waals surface area contributed by atoms with Gasteiger partial charge in [-0.05, 0) is 5.56 Å². The zero-order valence-electron chi connectivity index (χ0n) is 9.65. The molecule has 1 unspecified atom stereocenters. The summed E-state index contributed by atoms with van der Waals surface area (Å²) in [6, 6.07) is 9.58. The number of hydrogen-bond acceptors (Lipinski definition) is 2. The number of benzene rings is 1. The molecule has 1 aromatic rings. The van der Waals surface area contributed by atoms with Crippen molar-refractivity contribution >= 4 is 0 Å². The maximum Gasteiger partial charge on any atom is 0.260 e. The highest BCUT2D eigenvalue weighted by Crippen LogP contribution is 2.30. The molecule has 1 aliphatic heterocycles. The number of aliphatic hydroxyl groups excluding tert-OH is 1. The van der Waals surface area contributed by atoms with E-state index >= 15 is 0 Å². The van der Waals surface area contributed by atoms with Crippen LogP contribution in [0.25, 0.3) is 0 Å². The van der Waals surface area contributed by atoms with Crippen molar-refractivity contribution in [3.05, 3.63) is 35.9 Å². The number of likely N-dealkylation sites (tertiary alicyclic amines) is 1. The Morgan fingerprint density at radius 3 is 2.65 bits per heavy atom. The van der Waals surface area contributed by atoms with Crippen molar-refractivity contribution in [1.29, 1.82) is 0 Å². The van der Waals surface area contributed by atoms with Crippen molar-refractivity contribution in [2.45, 2.75) is 18.9 Å². The Bertz CT molecular complexity index is 356. The van der Waals surface area contributed by atoms with E-state index in [-0.39, 0.29) is 25.5 Å². The number of aliphatic hydroxyl groups is 1. The van der Waals surface area contributed by atoms with E-state index in [9.17, 15) is 8.78 Å². The third-order valence-electron chi connectivity index (χ3n) is 3.07. The van der Waals surface area contributed by atoms with Crippen LogP contribution in [0.4, 0.5) is 8.78 Å². The minimum atomic E-state index is -2.68. The summed E-state index contributed by atoms with van der Waals surface area (Å²) in [5, 5.41) is 9.05. The maximum absolute atomic E-state index is 13.4. The van der Waals surface area contributed by atoms with Gasteiger partial charge in [0.1, 0.15) is 0 Å². The fourth-order valence-electron chi connectivity index (χ4n) is 2.39. The lowest BCUT2D eigenvalue weighted by Crippen LogP contribution is -2.47. The van der Waals surface area contributed by atoms with E-state index in [1.807, 2.05) is 30.3 Å². The summed E-state index contributed by atoms with van der Waals surface area (Å²) in [4.78, 5) is 1.72. The molecule has 1 aromatic carbocycles.